The van der Waals surface area contributed by atoms with E-state index in [1.165, 1.54) is 54.3 Å². The molecule has 1 saturated heterocycles. The lowest BCUT2D eigenvalue weighted by Crippen LogP contribution is -2.37. The number of carbonyl (C=O) groups excluding carboxylic acids is 2. The van der Waals surface area contributed by atoms with Crippen molar-refractivity contribution in [1.82, 2.24) is 15.1 Å². The van der Waals surface area contributed by atoms with E-state index in [2.05, 4.69) is 44.9 Å². The highest BCUT2D eigenvalue weighted by Gasteiger charge is 2.31. The molecule has 2 aliphatic carbocycles. The topological polar surface area (TPSA) is 88.5 Å². The summed E-state index contributed by atoms with van der Waals surface area (Å²) in [6.45, 7) is 2.13. The van der Waals surface area contributed by atoms with Gasteiger partial charge in [0, 0.05) is 24.2 Å². The Hall–Kier alpha value is -3.81. The first-order valence-electron chi connectivity index (χ1n) is 12.8. The maximum atomic E-state index is 13.0. The van der Waals surface area contributed by atoms with Gasteiger partial charge in [-0.25, -0.2) is 9.59 Å². The zero-order valence-corrected chi connectivity index (χ0v) is 20.5. The van der Waals surface area contributed by atoms with Crippen LogP contribution in [-0.4, -0.2) is 42.1 Å². The number of hydrogen-bond acceptors (Lipinski definition) is 5. The quantitative estimate of drug-likeness (QED) is 0.485. The average Bonchev–Trinajstić information content (AvgIpc) is 3.53. The number of aromatic nitrogens is 2. The van der Waals surface area contributed by atoms with Gasteiger partial charge in [-0.05, 0) is 73.8 Å². The van der Waals surface area contributed by atoms with Crippen LogP contribution in [0.25, 0.3) is 10.9 Å². The molecule has 2 unspecified atom stereocenters. The fourth-order valence-corrected chi connectivity index (χ4v) is 6.13. The van der Waals surface area contributed by atoms with E-state index in [9.17, 15) is 9.59 Å². The zero-order valence-electron chi connectivity index (χ0n) is 20.5. The fraction of sp³-hybridized carbons (Fsp3) is 0.393. The van der Waals surface area contributed by atoms with Gasteiger partial charge in [-0.2, -0.15) is 9.78 Å². The van der Waals surface area contributed by atoms with E-state index in [1.54, 1.807) is 30.0 Å². The number of nitrogens with one attached hydrogen (secondary N) is 2. The third-order valence-electron chi connectivity index (χ3n) is 7.91. The van der Waals surface area contributed by atoms with Gasteiger partial charge in [0.25, 0.3) is 0 Å². The largest absolute Gasteiger partial charge is 0.451 e. The molecule has 36 heavy (non-hydrogen) atoms. The molecule has 3 aliphatic rings. The smallest absolute Gasteiger partial charge is 0.434 e. The van der Waals surface area contributed by atoms with Gasteiger partial charge < -0.3 is 20.3 Å². The van der Waals surface area contributed by atoms with Gasteiger partial charge in [-0.15, -0.1) is 0 Å². The van der Waals surface area contributed by atoms with Crippen molar-refractivity contribution < 1.29 is 14.3 Å². The Balaban J connectivity index is 1.18. The van der Waals surface area contributed by atoms with Crippen molar-refractivity contribution in [3.05, 3.63) is 65.4 Å². The maximum Gasteiger partial charge on any atom is 0.434 e. The van der Waals surface area contributed by atoms with Crippen molar-refractivity contribution in [2.24, 2.45) is 5.92 Å². The van der Waals surface area contributed by atoms with Gasteiger partial charge in [0.2, 0.25) is 0 Å². The van der Waals surface area contributed by atoms with E-state index < -0.39 is 6.09 Å². The molecule has 1 aromatic heterocycles. The van der Waals surface area contributed by atoms with Crippen LogP contribution in [0.15, 0.2) is 54.2 Å². The zero-order chi connectivity index (χ0) is 24.6. The Morgan fingerprint density at radius 1 is 1.11 bits per heavy atom. The number of allylic oxidation sites excluding steroid dienone is 1. The Kier molecular flexibility index (Phi) is 5.87. The fourth-order valence-electron chi connectivity index (χ4n) is 6.13. The molecule has 2 atom stereocenters. The van der Waals surface area contributed by atoms with Gasteiger partial charge >= 0.3 is 12.1 Å². The van der Waals surface area contributed by atoms with Crippen molar-refractivity contribution in [3.63, 3.8) is 0 Å². The first-order valence-corrected chi connectivity index (χ1v) is 12.8. The number of ether oxygens (including phenoxy) is 1. The number of anilines is 2. The lowest BCUT2D eigenvalue weighted by molar-refractivity contribution is 0.170. The summed E-state index contributed by atoms with van der Waals surface area (Å²) in [5, 5.41) is 10.9. The Morgan fingerprint density at radius 3 is 2.89 bits per heavy atom. The summed E-state index contributed by atoms with van der Waals surface area (Å²) in [5.41, 5.74) is 6.67. The van der Waals surface area contributed by atoms with E-state index in [4.69, 9.17) is 4.74 Å². The van der Waals surface area contributed by atoms with E-state index >= 15 is 0 Å². The molecule has 8 nitrogen and oxygen atoms in total. The van der Waals surface area contributed by atoms with E-state index in [0.29, 0.717) is 16.6 Å². The second-order valence-electron chi connectivity index (χ2n) is 9.92. The predicted octanol–water partition coefficient (Wildman–Crippen LogP) is 5.40. The monoisotopic (exact) mass is 485 g/mol. The number of urea groups is 1. The minimum absolute atomic E-state index is 0.0385. The summed E-state index contributed by atoms with van der Waals surface area (Å²) >= 11 is 0. The van der Waals surface area contributed by atoms with Crippen LogP contribution < -0.4 is 15.5 Å². The van der Waals surface area contributed by atoms with E-state index in [0.717, 1.165) is 31.8 Å². The summed E-state index contributed by atoms with van der Waals surface area (Å²) in [5.74, 6) is 0.772. The second kappa shape index (κ2) is 9.33. The highest BCUT2D eigenvalue weighted by molar-refractivity contribution is 6.02. The average molecular weight is 486 g/mol. The summed E-state index contributed by atoms with van der Waals surface area (Å²) < 4.78 is 5.96. The Labute approximate surface area is 210 Å². The van der Waals surface area contributed by atoms with Gasteiger partial charge in [-0.3, -0.25) is 0 Å². The molecule has 2 amide bonds. The number of nitrogens with zero attached hydrogens (tertiary/aromatic N) is 3. The minimum atomic E-state index is -0.575. The van der Waals surface area contributed by atoms with E-state index in [1.807, 2.05) is 0 Å². The summed E-state index contributed by atoms with van der Waals surface area (Å²) in [6, 6.07) is 11.5. The third kappa shape index (κ3) is 4.00. The number of piperidine rings is 1. The van der Waals surface area contributed by atoms with Gasteiger partial charge in [0.1, 0.15) is 0 Å². The third-order valence-corrected chi connectivity index (χ3v) is 7.91. The van der Waals surface area contributed by atoms with Crippen LogP contribution in [0.3, 0.4) is 0 Å². The van der Waals surface area contributed by atoms with Crippen LogP contribution in [0.4, 0.5) is 21.0 Å². The molecule has 0 radical (unpaired) electrons. The Bertz CT molecular complexity index is 1360. The number of carbonyl (C=O) groups is 2. The molecule has 2 heterocycles. The highest BCUT2D eigenvalue weighted by Crippen LogP contribution is 2.40. The number of hydrogen-bond donors (Lipinski definition) is 2. The molecule has 1 aliphatic heterocycles. The van der Waals surface area contributed by atoms with Crippen LogP contribution in [0.1, 0.15) is 49.3 Å². The first kappa shape index (κ1) is 22.6. The van der Waals surface area contributed by atoms with Crippen LogP contribution in [0.5, 0.6) is 0 Å². The first-order chi connectivity index (χ1) is 17.6. The lowest BCUT2D eigenvalue weighted by atomic mass is 9.82. The molecule has 6 rings (SSSR count). The molecule has 186 valence electrons. The van der Waals surface area contributed by atoms with Crippen molar-refractivity contribution in [2.75, 3.05) is 30.4 Å². The second-order valence-corrected chi connectivity index (χ2v) is 9.92. The standard InChI is InChI=1S/C28H31N5O3/c1-36-28(35)33-26-11-5-9-23(22(26)16-29-33)30-27(34)31-24-13-12-21-20(24)8-4-10-25(21)32-15-14-18-6-2-3-7-19(18)17-32/h4-5,7-11,16,18,24H,2-3,6,12-15,17H2,1H3,(H2,30,31,34). The Morgan fingerprint density at radius 2 is 2.00 bits per heavy atom. The molecule has 0 saturated carbocycles. The minimum Gasteiger partial charge on any atom is -0.451 e. The van der Waals surface area contributed by atoms with Crippen LogP contribution in [0.2, 0.25) is 0 Å². The van der Waals surface area contributed by atoms with Crippen molar-refractivity contribution in [3.8, 4) is 0 Å². The summed E-state index contributed by atoms with van der Waals surface area (Å²) in [4.78, 5) is 27.5. The summed E-state index contributed by atoms with van der Waals surface area (Å²) in [6.07, 6.45) is 10.4. The number of fused-ring (bicyclic) bond motifs is 3. The number of amides is 2. The van der Waals surface area contributed by atoms with Crippen molar-refractivity contribution in [2.45, 2.75) is 44.6 Å². The number of benzene rings is 2. The van der Waals surface area contributed by atoms with E-state index in [-0.39, 0.29) is 12.1 Å². The normalized spacial score (nSPS) is 20.9. The van der Waals surface area contributed by atoms with Crippen molar-refractivity contribution >= 4 is 34.4 Å². The van der Waals surface area contributed by atoms with Crippen molar-refractivity contribution in [1.29, 1.82) is 0 Å². The molecule has 0 spiro atoms. The van der Waals surface area contributed by atoms with Gasteiger partial charge in [0.15, 0.2) is 0 Å². The SMILES string of the molecule is COC(=O)n1ncc2c(NC(=O)NC3CCc4c3cccc4N3CCC4CCCC=C4C3)cccc21. The lowest BCUT2D eigenvalue weighted by Gasteiger charge is -2.38. The summed E-state index contributed by atoms with van der Waals surface area (Å²) in [7, 11) is 1.31. The molecule has 2 aromatic carbocycles. The maximum absolute atomic E-state index is 13.0. The molecule has 8 heteroatoms. The van der Waals surface area contributed by atoms with Crippen LogP contribution in [0, 0.1) is 5.92 Å². The number of methoxy groups -OCH3 is 1. The molecular formula is C28H31N5O3. The molecular weight excluding hydrogens is 454 g/mol. The molecule has 2 N–H and O–H groups in total. The molecule has 3 aromatic rings. The predicted molar refractivity (Wildman–Crippen MR) is 139 cm³/mol. The number of rotatable bonds is 3. The van der Waals surface area contributed by atoms with Gasteiger partial charge in [0.05, 0.1) is 30.6 Å². The van der Waals surface area contributed by atoms with Crippen LogP contribution >= 0.6 is 0 Å². The molecule has 0 bridgehead atoms. The van der Waals surface area contributed by atoms with Gasteiger partial charge in [-0.1, -0.05) is 29.8 Å². The highest BCUT2D eigenvalue weighted by atomic mass is 16.5. The van der Waals surface area contributed by atoms with Crippen LogP contribution in [-0.2, 0) is 11.2 Å². The molecule has 1 fully saturated rings.